The lowest BCUT2D eigenvalue weighted by atomic mass is 10.0. The molecule has 0 saturated carbocycles. The number of aromatic hydroxyl groups is 2. The van der Waals surface area contributed by atoms with Crippen LogP contribution in [-0.4, -0.2) is 16.0 Å². The van der Waals surface area contributed by atoms with Crippen LogP contribution < -0.4 is 5.30 Å². The number of ketones is 1. The highest BCUT2D eigenvalue weighted by atomic mass is 31.0. The van der Waals surface area contributed by atoms with Crippen molar-refractivity contribution >= 4 is 20.3 Å². The van der Waals surface area contributed by atoms with Gasteiger partial charge in [0.2, 0.25) is 0 Å². The van der Waals surface area contributed by atoms with Crippen LogP contribution in [0.25, 0.3) is 0 Å². The normalized spacial score (nSPS) is 8.95. The number of Topliss-reactive ketones (excluding diaryl/α,β-unsaturated/α-hetero) is 1. The van der Waals surface area contributed by atoms with Crippen molar-refractivity contribution in [2.24, 2.45) is 0 Å². The average Bonchev–Trinajstić information content (AvgIpc) is 2.53. The molecule has 4 heteroatoms. The topological polar surface area (TPSA) is 57.5 Å². The van der Waals surface area contributed by atoms with Gasteiger partial charge in [0, 0.05) is 6.42 Å². The summed E-state index contributed by atoms with van der Waals surface area (Å²) in [6.07, 6.45) is 0.194. The summed E-state index contributed by atoms with van der Waals surface area (Å²) in [7, 11) is 2.44. The van der Waals surface area contributed by atoms with Crippen molar-refractivity contribution in [1.82, 2.24) is 0 Å². The van der Waals surface area contributed by atoms with E-state index in [-0.39, 0.29) is 23.7 Å². The van der Waals surface area contributed by atoms with E-state index in [0.29, 0.717) is 10.9 Å². The number of carbonyl (C=O) groups excluding carboxylic acids is 1. The Bertz CT molecular complexity index is 557. The molecule has 0 aromatic heterocycles. The lowest BCUT2D eigenvalue weighted by Crippen LogP contribution is -2.12. The third kappa shape index (κ3) is 5.87. The molecule has 0 aliphatic carbocycles. The van der Waals surface area contributed by atoms with E-state index in [2.05, 4.69) is 9.24 Å². The van der Waals surface area contributed by atoms with Crippen LogP contribution in [0.3, 0.4) is 0 Å². The minimum absolute atomic E-state index is 0.00808. The van der Waals surface area contributed by atoms with Gasteiger partial charge in [-0.1, -0.05) is 52.0 Å². The maximum Gasteiger partial charge on any atom is 0.171 e. The summed E-state index contributed by atoms with van der Waals surface area (Å²) in [4.78, 5) is 12.1. The van der Waals surface area contributed by atoms with Crippen LogP contribution in [-0.2, 0) is 6.42 Å². The van der Waals surface area contributed by atoms with Gasteiger partial charge in [0.05, 0.1) is 5.56 Å². The van der Waals surface area contributed by atoms with E-state index < -0.39 is 0 Å². The van der Waals surface area contributed by atoms with Crippen LogP contribution in [0.4, 0.5) is 0 Å². The maximum absolute atomic E-state index is 12.1. The van der Waals surface area contributed by atoms with Crippen molar-refractivity contribution in [3.05, 3.63) is 53.6 Å². The molecule has 1 atom stereocenters. The van der Waals surface area contributed by atoms with Crippen molar-refractivity contribution in [3.8, 4) is 11.5 Å². The van der Waals surface area contributed by atoms with Crippen molar-refractivity contribution in [3.63, 3.8) is 0 Å². The number of carbonyl (C=O) groups is 1. The van der Waals surface area contributed by atoms with Crippen LogP contribution in [0.5, 0.6) is 11.5 Å². The highest BCUT2D eigenvalue weighted by Gasteiger charge is 2.14. The molecule has 2 N–H and O–H groups in total. The quantitative estimate of drug-likeness (QED) is 0.662. The Morgan fingerprint density at radius 1 is 0.955 bits per heavy atom. The minimum Gasteiger partial charge on any atom is -0.508 e. The number of phenolic OH excluding ortho intramolecular Hbond substituents is 2. The van der Waals surface area contributed by atoms with Gasteiger partial charge in [-0.25, -0.2) is 0 Å². The lowest BCUT2D eigenvalue weighted by Gasteiger charge is -2.07. The summed E-state index contributed by atoms with van der Waals surface area (Å²) in [6.45, 7) is 8.00. The summed E-state index contributed by atoms with van der Waals surface area (Å²) in [5.74, 6) is 0.00978. The number of phenols is 2. The van der Waals surface area contributed by atoms with Crippen molar-refractivity contribution in [2.45, 2.75) is 34.1 Å². The summed E-state index contributed by atoms with van der Waals surface area (Å²) < 4.78 is 0. The molecule has 22 heavy (non-hydrogen) atoms. The van der Waals surface area contributed by atoms with E-state index in [4.69, 9.17) is 5.11 Å². The van der Waals surface area contributed by atoms with Crippen molar-refractivity contribution < 1.29 is 15.0 Å². The van der Waals surface area contributed by atoms with Gasteiger partial charge in [0.1, 0.15) is 11.5 Å². The Balaban J connectivity index is 0.00000102. The molecular formula is C18H25O3P. The molecular weight excluding hydrogens is 295 g/mol. The van der Waals surface area contributed by atoms with E-state index in [9.17, 15) is 9.90 Å². The molecule has 0 fully saturated rings. The van der Waals surface area contributed by atoms with Crippen LogP contribution in [0.15, 0.2) is 42.5 Å². The van der Waals surface area contributed by atoms with Gasteiger partial charge in [-0.3, -0.25) is 4.79 Å². The zero-order valence-electron chi connectivity index (χ0n) is 13.6. The third-order valence-electron chi connectivity index (χ3n) is 2.65. The van der Waals surface area contributed by atoms with Gasteiger partial charge in [0.15, 0.2) is 5.78 Å². The smallest absolute Gasteiger partial charge is 0.171 e. The molecule has 0 spiro atoms. The van der Waals surface area contributed by atoms with E-state index in [1.807, 2.05) is 27.7 Å². The van der Waals surface area contributed by atoms with Crippen LogP contribution in [0.1, 0.15) is 43.6 Å². The molecule has 0 aliphatic heterocycles. The first-order valence-corrected chi connectivity index (χ1v) is 8.04. The summed E-state index contributed by atoms with van der Waals surface area (Å²) in [5, 5.41) is 19.6. The molecule has 1 unspecified atom stereocenters. The van der Waals surface area contributed by atoms with Gasteiger partial charge in [-0.2, -0.15) is 0 Å². The SMILES string of the molecule is CC.CC.O=C(Cc1ccc(O)cc1)c1c(O)cccc1P. The molecule has 120 valence electrons. The van der Waals surface area contributed by atoms with Crippen molar-refractivity contribution in [1.29, 1.82) is 0 Å². The molecule has 3 nitrogen and oxygen atoms in total. The number of hydrogen-bond donors (Lipinski definition) is 2. The van der Waals surface area contributed by atoms with Crippen LogP contribution in [0.2, 0.25) is 0 Å². The fourth-order valence-corrected chi connectivity index (χ4v) is 2.17. The lowest BCUT2D eigenvalue weighted by molar-refractivity contribution is 0.0991. The maximum atomic E-state index is 12.1. The fourth-order valence-electron chi connectivity index (χ4n) is 1.75. The van der Waals surface area contributed by atoms with E-state index in [1.54, 1.807) is 24.3 Å². The predicted octanol–water partition coefficient (Wildman–Crippen LogP) is 4.08. The van der Waals surface area contributed by atoms with Gasteiger partial charge >= 0.3 is 0 Å². The Labute approximate surface area is 135 Å². The molecule has 0 heterocycles. The monoisotopic (exact) mass is 320 g/mol. The standard InChI is InChI=1S/C14H13O3P.2C2H6/c15-10-6-4-9(5-7-10)8-12(17)14-11(16)2-1-3-13(14)18;2*1-2/h1-7,15-16H,8,18H2;2*1-2H3. The first-order chi connectivity index (χ1) is 10.6. The fraction of sp³-hybridized carbons (Fsp3) is 0.278. The minimum atomic E-state index is -0.149. The zero-order valence-corrected chi connectivity index (χ0v) is 14.8. The number of benzene rings is 2. The molecule has 0 radical (unpaired) electrons. The third-order valence-corrected chi connectivity index (χ3v) is 3.14. The highest BCUT2D eigenvalue weighted by molar-refractivity contribution is 7.27. The Hall–Kier alpha value is -1.86. The van der Waals surface area contributed by atoms with Gasteiger partial charge in [0.25, 0.3) is 0 Å². The van der Waals surface area contributed by atoms with Crippen LogP contribution in [0, 0.1) is 0 Å². The largest absolute Gasteiger partial charge is 0.508 e. The van der Waals surface area contributed by atoms with Gasteiger partial charge in [-0.15, -0.1) is 9.24 Å². The predicted molar refractivity (Wildman–Crippen MR) is 96.3 cm³/mol. The van der Waals surface area contributed by atoms with E-state index in [1.165, 1.54) is 18.2 Å². The summed E-state index contributed by atoms with van der Waals surface area (Å²) in [5.41, 5.74) is 1.13. The Morgan fingerprint density at radius 3 is 2.00 bits per heavy atom. The number of rotatable bonds is 3. The van der Waals surface area contributed by atoms with E-state index in [0.717, 1.165) is 5.56 Å². The molecule has 0 saturated heterocycles. The number of hydrogen-bond acceptors (Lipinski definition) is 3. The zero-order chi connectivity index (χ0) is 17.1. The molecule has 2 aromatic rings. The molecule has 2 rings (SSSR count). The molecule has 0 bridgehead atoms. The first kappa shape index (κ1) is 20.1. The summed E-state index contributed by atoms with van der Waals surface area (Å²) in [6, 6.07) is 11.4. The molecule has 0 aliphatic rings. The van der Waals surface area contributed by atoms with Crippen LogP contribution >= 0.6 is 9.24 Å². The van der Waals surface area contributed by atoms with E-state index >= 15 is 0 Å². The first-order valence-electron chi connectivity index (χ1n) is 7.46. The van der Waals surface area contributed by atoms with Gasteiger partial charge < -0.3 is 10.2 Å². The highest BCUT2D eigenvalue weighted by Crippen LogP contribution is 2.19. The molecule has 2 aromatic carbocycles. The molecule has 0 amide bonds. The Morgan fingerprint density at radius 2 is 1.50 bits per heavy atom. The average molecular weight is 320 g/mol. The Kier molecular flexibility index (Phi) is 9.89. The summed E-state index contributed by atoms with van der Waals surface area (Å²) >= 11 is 0. The second kappa shape index (κ2) is 10.8. The van der Waals surface area contributed by atoms with Gasteiger partial charge in [-0.05, 0) is 29.1 Å². The second-order valence-electron chi connectivity index (χ2n) is 4.01. The second-order valence-corrected chi connectivity index (χ2v) is 4.63. The van der Waals surface area contributed by atoms with Crippen molar-refractivity contribution in [2.75, 3.05) is 0 Å².